The molecule has 2 aromatic rings. The van der Waals surface area contributed by atoms with Gasteiger partial charge in [0, 0.05) is 49.2 Å². The molecule has 1 saturated heterocycles. The Balaban J connectivity index is 1.66. The monoisotopic (exact) mass is 324 g/mol. The van der Waals surface area contributed by atoms with Gasteiger partial charge in [-0.3, -0.25) is 14.6 Å². The van der Waals surface area contributed by atoms with Gasteiger partial charge in [-0.25, -0.2) is 0 Å². The SMILES string of the molecule is C=CC(=O)N1CC(CNc2cc(-c3ccnc(C)c3)c[nH]c2=O)C1. The van der Waals surface area contributed by atoms with Gasteiger partial charge in [0.05, 0.1) is 0 Å². The number of amides is 1. The van der Waals surface area contributed by atoms with E-state index < -0.39 is 0 Å². The first-order valence-electron chi connectivity index (χ1n) is 7.88. The van der Waals surface area contributed by atoms with Crippen LogP contribution < -0.4 is 10.9 Å². The van der Waals surface area contributed by atoms with E-state index in [0.717, 1.165) is 16.8 Å². The van der Waals surface area contributed by atoms with Crippen LogP contribution >= 0.6 is 0 Å². The molecule has 0 aromatic carbocycles. The molecule has 6 heteroatoms. The molecular weight excluding hydrogens is 304 g/mol. The Bertz CT molecular complexity index is 822. The van der Waals surface area contributed by atoms with Crippen LogP contribution in [-0.2, 0) is 4.79 Å². The molecule has 1 aliphatic heterocycles. The normalized spacial score (nSPS) is 14.1. The number of carbonyl (C=O) groups excluding carboxylic acids is 1. The van der Waals surface area contributed by atoms with Crippen LogP contribution in [0, 0.1) is 12.8 Å². The van der Waals surface area contributed by atoms with Crippen LogP contribution in [0.25, 0.3) is 11.1 Å². The third-order valence-corrected chi connectivity index (χ3v) is 4.16. The summed E-state index contributed by atoms with van der Waals surface area (Å²) in [6.07, 6.45) is 4.78. The van der Waals surface area contributed by atoms with Crippen molar-refractivity contribution in [1.29, 1.82) is 0 Å². The standard InChI is InChI=1S/C18H20N4O2/c1-3-17(23)22-10-13(11-22)8-20-16-7-15(9-21-18(16)24)14-4-5-19-12(2)6-14/h3-7,9,13,20H,1,8,10-11H2,2H3,(H,21,24). The summed E-state index contributed by atoms with van der Waals surface area (Å²) in [5.74, 6) is 0.305. The van der Waals surface area contributed by atoms with Crippen LogP contribution in [0.15, 0.2) is 48.0 Å². The molecule has 0 aliphatic carbocycles. The van der Waals surface area contributed by atoms with Gasteiger partial charge in [-0.2, -0.15) is 0 Å². The third-order valence-electron chi connectivity index (χ3n) is 4.16. The second-order valence-corrected chi connectivity index (χ2v) is 6.01. The Morgan fingerprint density at radius 1 is 1.46 bits per heavy atom. The smallest absolute Gasteiger partial charge is 0.271 e. The zero-order chi connectivity index (χ0) is 17.1. The number of hydrogen-bond acceptors (Lipinski definition) is 4. The van der Waals surface area contributed by atoms with Gasteiger partial charge >= 0.3 is 0 Å². The Morgan fingerprint density at radius 3 is 2.96 bits per heavy atom. The number of nitrogens with one attached hydrogen (secondary N) is 2. The van der Waals surface area contributed by atoms with Crippen molar-refractivity contribution in [2.45, 2.75) is 6.92 Å². The van der Waals surface area contributed by atoms with Crippen LogP contribution in [0.5, 0.6) is 0 Å². The van der Waals surface area contributed by atoms with E-state index in [1.54, 1.807) is 17.3 Å². The summed E-state index contributed by atoms with van der Waals surface area (Å²) in [7, 11) is 0. The molecule has 0 bridgehead atoms. The summed E-state index contributed by atoms with van der Waals surface area (Å²) in [5, 5.41) is 3.19. The molecule has 2 N–H and O–H groups in total. The number of anilines is 1. The first-order valence-corrected chi connectivity index (χ1v) is 7.88. The average molecular weight is 324 g/mol. The fourth-order valence-corrected chi connectivity index (χ4v) is 2.77. The first-order chi connectivity index (χ1) is 11.6. The predicted molar refractivity (Wildman–Crippen MR) is 93.8 cm³/mol. The molecule has 0 radical (unpaired) electrons. The number of likely N-dealkylation sites (tertiary alicyclic amines) is 1. The van der Waals surface area contributed by atoms with Crippen molar-refractivity contribution in [2.75, 3.05) is 25.0 Å². The average Bonchev–Trinajstić information content (AvgIpc) is 2.54. The maximum Gasteiger partial charge on any atom is 0.271 e. The molecule has 24 heavy (non-hydrogen) atoms. The van der Waals surface area contributed by atoms with E-state index in [1.807, 2.05) is 25.1 Å². The predicted octanol–water partition coefficient (Wildman–Crippen LogP) is 1.80. The highest BCUT2D eigenvalue weighted by Crippen LogP contribution is 2.21. The molecule has 0 unspecified atom stereocenters. The zero-order valence-electron chi connectivity index (χ0n) is 13.6. The number of pyridine rings is 2. The summed E-state index contributed by atoms with van der Waals surface area (Å²) < 4.78 is 0. The molecule has 0 saturated carbocycles. The van der Waals surface area contributed by atoms with Gasteiger partial charge in [0.1, 0.15) is 5.69 Å². The van der Waals surface area contributed by atoms with Crippen LogP contribution in [0.2, 0.25) is 0 Å². The van der Waals surface area contributed by atoms with Gasteiger partial charge in [-0.15, -0.1) is 0 Å². The van der Waals surface area contributed by atoms with Crippen molar-refractivity contribution in [3.8, 4) is 11.1 Å². The zero-order valence-corrected chi connectivity index (χ0v) is 13.6. The van der Waals surface area contributed by atoms with Crippen molar-refractivity contribution in [2.24, 2.45) is 5.92 Å². The Morgan fingerprint density at radius 2 is 2.25 bits per heavy atom. The highest BCUT2D eigenvalue weighted by atomic mass is 16.2. The lowest BCUT2D eigenvalue weighted by molar-refractivity contribution is -0.131. The number of rotatable bonds is 5. The van der Waals surface area contributed by atoms with Crippen molar-refractivity contribution in [1.82, 2.24) is 14.9 Å². The third kappa shape index (κ3) is 3.37. The number of aromatic nitrogens is 2. The minimum absolute atomic E-state index is 0.0425. The fourth-order valence-electron chi connectivity index (χ4n) is 2.77. The molecule has 3 rings (SSSR count). The van der Waals surface area contributed by atoms with Gasteiger partial charge < -0.3 is 15.2 Å². The largest absolute Gasteiger partial charge is 0.380 e. The molecule has 0 atom stereocenters. The fraction of sp³-hybridized carbons (Fsp3) is 0.278. The van der Waals surface area contributed by atoms with E-state index in [1.165, 1.54) is 6.08 Å². The van der Waals surface area contributed by atoms with Crippen LogP contribution in [0.3, 0.4) is 0 Å². The number of hydrogen-bond donors (Lipinski definition) is 2. The minimum atomic E-state index is -0.150. The van der Waals surface area contributed by atoms with Crippen molar-refractivity contribution < 1.29 is 4.79 Å². The highest BCUT2D eigenvalue weighted by Gasteiger charge is 2.28. The maximum absolute atomic E-state index is 12.0. The topological polar surface area (TPSA) is 78.1 Å². The number of carbonyl (C=O) groups is 1. The molecule has 1 aliphatic rings. The van der Waals surface area contributed by atoms with E-state index >= 15 is 0 Å². The van der Waals surface area contributed by atoms with E-state index in [4.69, 9.17) is 0 Å². The van der Waals surface area contributed by atoms with Crippen LogP contribution in [0.1, 0.15) is 5.69 Å². The van der Waals surface area contributed by atoms with Gasteiger partial charge in [0.25, 0.3) is 5.56 Å². The number of aryl methyl sites for hydroxylation is 1. The molecule has 6 nitrogen and oxygen atoms in total. The van der Waals surface area contributed by atoms with E-state index in [9.17, 15) is 9.59 Å². The molecule has 3 heterocycles. The number of H-pyrrole nitrogens is 1. The molecule has 1 amide bonds. The van der Waals surface area contributed by atoms with E-state index in [0.29, 0.717) is 31.2 Å². The van der Waals surface area contributed by atoms with Crippen molar-refractivity contribution in [3.63, 3.8) is 0 Å². The second kappa shape index (κ2) is 6.70. The Kier molecular flexibility index (Phi) is 4.46. The highest BCUT2D eigenvalue weighted by molar-refractivity contribution is 5.87. The summed E-state index contributed by atoms with van der Waals surface area (Å²) in [5.41, 5.74) is 3.25. The van der Waals surface area contributed by atoms with Crippen molar-refractivity contribution >= 4 is 11.6 Å². The first kappa shape index (κ1) is 16.0. The molecule has 124 valence electrons. The second-order valence-electron chi connectivity index (χ2n) is 6.01. The van der Waals surface area contributed by atoms with E-state index in [-0.39, 0.29) is 11.5 Å². The minimum Gasteiger partial charge on any atom is -0.380 e. The quantitative estimate of drug-likeness (QED) is 0.822. The number of aromatic amines is 1. The number of nitrogens with zero attached hydrogens (tertiary/aromatic N) is 2. The lowest BCUT2D eigenvalue weighted by Gasteiger charge is -2.38. The summed E-state index contributed by atoms with van der Waals surface area (Å²) in [6, 6.07) is 5.73. The summed E-state index contributed by atoms with van der Waals surface area (Å²) >= 11 is 0. The molecular formula is C18H20N4O2. The van der Waals surface area contributed by atoms with Crippen molar-refractivity contribution in [3.05, 3.63) is 59.3 Å². The van der Waals surface area contributed by atoms with Crippen LogP contribution in [-0.4, -0.2) is 40.4 Å². The Hall–Kier alpha value is -2.89. The lowest BCUT2D eigenvalue weighted by atomic mass is 10.00. The summed E-state index contributed by atoms with van der Waals surface area (Å²) in [4.78, 5) is 32.1. The molecule has 1 fully saturated rings. The van der Waals surface area contributed by atoms with Gasteiger partial charge in [0.2, 0.25) is 5.91 Å². The van der Waals surface area contributed by atoms with Gasteiger partial charge in [-0.05, 0) is 36.8 Å². The van der Waals surface area contributed by atoms with E-state index in [2.05, 4.69) is 21.9 Å². The maximum atomic E-state index is 12.0. The summed E-state index contributed by atoms with van der Waals surface area (Å²) in [6.45, 7) is 7.46. The van der Waals surface area contributed by atoms with Gasteiger partial charge in [0.15, 0.2) is 0 Å². The van der Waals surface area contributed by atoms with Gasteiger partial charge in [-0.1, -0.05) is 6.58 Å². The molecule has 0 spiro atoms. The van der Waals surface area contributed by atoms with Crippen LogP contribution in [0.4, 0.5) is 5.69 Å². The molecule has 2 aromatic heterocycles. The lowest BCUT2D eigenvalue weighted by Crippen LogP contribution is -2.51. The Labute approximate surface area is 140 Å².